The molecule has 2 rings (SSSR count). The molecule has 6 heteroatoms. The van der Waals surface area contributed by atoms with E-state index in [2.05, 4.69) is 5.32 Å². The zero-order valence-corrected chi connectivity index (χ0v) is 11.2. The normalized spacial score (nSPS) is 32.4. The molecule has 1 saturated carbocycles. The second-order valence-electron chi connectivity index (χ2n) is 5.14. The lowest BCUT2D eigenvalue weighted by molar-refractivity contribution is -0.124. The minimum Gasteiger partial charge on any atom is -0.369 e. The molecule has 1 heterocycles. The first-order chi connectivity index (χ1) is 8.63. The molecule has 2 aliphatic rings. The van der Waals surface area contributed by atoms with E-state index in [1.807, 2.05) is 0 Å². The van der Waals surface area contributed by atoms with Gasteiger partial charge in [-0.3, -0.25) is 4.79 Å². The molecule has 3 amide bonds. The third-order valence-electron chi connectivity index (χ3n) is 4.10. The third kappa shape index (κ3) is 2.71. The monoisotopic (exact) mass is 273 g/mol. The summed E-state index contributed by atoms with van der Waals surface area (Å²) in [5, 5.41) is 2.97. The Morgan fingerprint density at radius 2 is 2.22 bits per heavy atom. The van der Waals surface area contributed by atoms with Gasteiger partial charge in [0.25, 0.3) is 0 Å². The fourth-order valence-electron chi connectivity index (χ4n) is 3.12. The molecule has 0 aromatic heterocycles. The Morgan fingerprint density at radius 3 is 2.89 bits per heavy atom. The lowest BCUT2D eigenvalue weighted by Crippen LogP contribution is -2.52. The molecule has 0 radical (unpaired) electrons. The molecule has 2 unspecified atom stereocenters. The van der Waals surface area contributed by atoms with Crippen LogP contribution in [-0.4, -0.2) is 41.8 Å². The Morgan fingerprint density at radius 1 is 1.44 bits per heavy atom. The van der Waals surface area contributed by atoms with Crippen LogP contribution in [-0.2, 0) is 4.79 Å². The van der Waals surface area contributed by atoms with Gasteiger partial charge >= 0.3 is 6.03 Å². The van der Waals surface area contributed by atoms with Crippen molar-refractivity contribution in [3.05, 3.63) is 0 Å². The molecule has 0 aromatic rings. The molecular weight excluding hydrogens is 254 g/mol. The second kappa shape index (κ2) is 5.78. The molecule has 0 aromatic carbocycles. The van der Waals surface area contributed by atoms with Crippen molar-refractivity contribution in [2.75, 3.05) is 19.0 Å². The number of nitrogens with one attached hydrogen (secondary N) is 1. The molecule has 0 spiro atoms. The molecule has 1 aliphatic carbocycles. The molecule has 3 N–H and O–H groups in total. The summed E-state index contributed by atoms with van der Waals surface area (Å²) in [5.41, 5.74) is 5.44. The van der Waals surface area contributed by atoms with Crippen LogP contribution in [0.15, 0.2) is 0 Å². The first-order valence-corrected chi connectivity index (χ1v) is 7.07. The fraction of sp³-hybridized carbons (Fsp3) is 0.833. The minimum absolute atomic E-state index is 0.0934. The van der Waals surface area contributed by atoms with E-state index in [9.17, 15) is 9.59 Å². The van der Waals surface area contributed by atoms with E-state index < -0.39 is 0 Å². The molecule has 1 saturated heterocycles. The number of nitrogens with two attached hydrogens (primary N) is 1. The summed E-state index contributed by atoms with van der Waals surface area (Å²) in [6, 6.07) is -0.208. The van der Waals surface area contributed by atoms with Crippen molar-refractivity contribution >= 4 is 23.5 Å². The van der Waals surface area contributed by atoms with E-state index in [1.54, 1.807) is 4.90 Å². The van der Waals surface area contributed by atoms with Crippen LogP contribution < -0.4 is 11.1 Å². The highest BCUT2D eigenvalue weighted by atomic mass is 35.5. The van der Waals surface area contributed by atoms with Gasteiger partial charge in [-0.05, 0) is 25.2 Å². The highest BCUT2D eigenvalue weighted by Gasteiger charge is 2.39. The standard InChI is InChI=1S/C12H20ClN3O2/c13-5-7-16-6-4-8-2-1-3-9(11(14)17)10(8)15-12(16)18/h8-10H,1-7H2,(H2,14,17)(H,15,18)/t8?,9-,10?/m1/s1. The van der Waals surface area contributed by atoms with E-state index in [1.165, 1.54) is 0 Å². The topological polar surface area (TPSA) is 75.4 Å². The first kappa shape index (κ1) is 13.5. The van der Waals surface area contributed by atoms with Crippen molar-refractivity contribution in [2.24, 2.45) is 17.6 Å². The number of hydrogen-bond acceptors (Lipinski definition) is 2. The van der Waals surface area contributed by atoms with Gasteiger partial charge in [-0.1, -0.05) is 6.42 Å². The largest absolute Gasteiger partial charge is 0.369 e. The van der Waals surface area contributed by atoms with Crippen LogP contribution in [0.1, 0.15) is 25.7 Å². The van der Waals surface area contributed by atoms with Crippen molar-refractivity contribution in [2.45, 2.75) is 31.7 Å². The van der Waals surface area contributed by atoms with Gasteiger partial charge in [-0.15, -0.1) is 11.6 Å². The summed E-state index contributed by atoms with van der Waals surface area (Å²) in [6.45, 7) is 1.26. The fourth-order valence-corrected chi connectivity index (χ4v) is 3.33. The number of urea groups is 1. The van der Waals surface area contributed by atoms with Gasteiger partial charge in [-0.2, -0.15) is 0 Å². The average molecular weight is 274 g/mol. The van der Waals surface area contributed by atoms with Crippen LogP contribution in [0, 0.1) is 11.8 Å². The molecule has 5 nitrogen and oxygen atoms in total. The molecule has 1 aliphatic heterocycles. The van der Waals surface area contributed by atoms with Gasteiger partial charge in [0.2, 0.25) is 5.91 Å². The maximum atomic E-state index is 12.0. The summed E-state index contributed by atoms with van der Waals surface area (Å²) >= 11 is 5.69. The number of fused-ring (bicyclic) bond motifs is 1. The van der Waals surface area contributed by atoms with Crippen molar-refractivity contribution in [3.8, 4) is 0 Å². The summed E-state index contributed by atoms with van der Waals surface area (Å²) in [4.78, 5) is 25.2. The number of carbonyl (C=O) groups is 2. The highest BCUT2D eigenvalue weighted by molar-refractivity contribution is 6.18. The summed E-state index contributed by atoms with van der Waals surface area (Å²) in [5.74, 6) is 0.280. The van der Waals surface area contributed by atoms with Gasteiger partial charge in [0.1, 0.15) is 0 Å². The van der Waals surface area contributed by atoms with Gasteiger partial charge in [0, 0.05) is 25.0 Å². The van der Waals surface area contributed by atoms with Crippen LogP contribution >= 0.6 is 11.6 Å². The number of hydrogen-bond donors (Lipinski definition) is 2. The number of amides is 3. The van der Waals surface area contributed by atoms with E-state index in [0.29, 0.717) is 24.9 Å². The van der Waals surface area contributed by atoms with E-state index in [4.69, 9.17) is 17.3 Å². The Bertz CT molecular complexity index is 337. The molecule has 2 fully saturated rings. The number of carbonyl (C=O) groups excluding carboxylic acids is 2. The molecule has 3 atom stereocenters. The predicted octanol–water partition coefficient (Wildman–Crippen LogP) is 0.911. The quantitative estimate of drug-likeness (QED) is 0.750. The van der Waals surface area contributed by atoms with Crippen molar-refractivity contribution in [1.29, 1.82) is 0 Å². The zero-order valence-electron chi connectivity index (χ0n) is 10.4. The van der Waals surface area contributed by atoms with Gasteiger partial charge in [-0.25, -0.2) is 4.79 Å². The Hall–Kier alpha value is -0.970. The van der Waals surface area contributed by atoms with Crippen LogP contribution in [0.2, 0.25) is 0 Å². The van der Waals surface area contributed by atoms with Crippen LogP contribution in [0.5, 0.6) is 0 Å². The molecule has 18 heavy (non-hydrogen) atoms. The van der Waals surface area contributed by atoms with Crippen molar-refractivity contribution in [1.82, 2.24) is 10.2 Å². The van der Waals surface area contributed by atoms with E-state index >= 15 is 0 Å². The number of halogens is 1. The summed E-state index contributed by atoms with van der Waals surface area (Å²) < 4.78 is 0. The second-order valence-corrected chi connectivity index (χ2v) is 5.52. The highest BCUT2D eigenvalue weighted by Crippen LogP contribution is 2.33. The SMILES string of the molecule is NC(=O)[C@@H]1CCCC2CCN(CCCl)C(=O)NC21. The number of primary amides is 1. The minimum atomic E-state index is -0.296. The predicted molar refractivity (Wildman–Crippen MR) is 69.3 cm³/mol. The van der Waals surface area contributed by atoms with Crippen LogP contribution in [0.25, 0.3) is 0 Å². The smallest absolute Gasteiger partial charge is 0.317 e. The van der Waals surface area contributed by atoms with Crippen molar-refractivity contribution in [3.63, 3.8) is 0 Å². The van der Waals surface area contributed by atoms with Crippen LogP contribution in [0.4, 0.5) is 4.79 Å². The lowest BCUT2D eigenvalue weighted by Gasteiger charge is -2.35. The first-order valence-electron chi connectivity index (χ1n) is 6.54. The van der Waals surface area contributed by atoms with Gasteiger partial charge < -0.3 is 16.0 Å². The summed E-state index contributed by atoms with van der Waals surface area (Å²) in [6.07, 6.45) is 3.78. The Balaban J connectivity index is 2.11. The van der Waals surface area contributed by atoms with Gasteiger partial charge in [0.15, 0.2) is 0 Å². The summed E-state index contributed by atoms with van der Waals surface area (Å²) in [7, 11) is 0. The van der Waals surface area contributed by atoms with Crippen molar-refractivity contribution < 1.29 is 9.59 Å². The Kier molecular flexibility index (Phi) is 4.32. The molecular formula is C12H20ClN3O2. The molecule has 0 bridgehead atoms. The van der Waals surface area contributed by atoms with Gasteiger partial charge in [0.05, 0.1) is 5.92 Å². The third-order valence-corrected chi connectivity index (χ3v) is 4.27. The van der Waals surface area contributed by atoms with Crippen LogP contribution in [0.3, 0.4) is 0 Å². The zero-order chi connectivity index (χ0) is 13.1. The molecule has 102 valence electrons. The number of alkyl halides is 1. The van der Waals surface area contributed by atoms with E-state index in [0.717, 1.165) is 25.7 Å². The maximum absolute atomic E-state index is 12.0. The maximum Gasteiger partial charge on any atom is 0.317 e. The lowest BCUT2D eigenvalue weighted by atomic mass is 9.75. The Labute approximate surface area is 112 Å². The average Bonchev–Trinajstić information content (AvgIpc) is 2.49. The number of nitrogens with zero attached hydrogens (tertiary/aromatic N) is 1. The number of rotatable bonds is 3. The van der Waals surface area contributed by atoms with E-state index in [-0.39, 0.29) is 23.9 Å².